The minimum absolute atomic E-state index is 0.0493. The first-order valence-corrected chi connectivity index (χ1v) is 5.58. The predicted molar refractivity (Wildman–Crippen MR) is 61.5 cm³/mol. The summed E-state index contributed by atoms with van der Waals surface area (Å²) in [5.41, 5.74) is 0.0493. The largest absolute Gasteiger partial charge is 0.305 e. The molecule has 2 nitrogen and oxygen atoms in total. The predicted octanol–water partition coefficient (Wildman–Crippen LogP) is 2.77. The lowest BCUT2D eigenvalue weighted by atomic mass is 10.0. The molecule has 0 aliphatic heterocycles. The third-order valence-electron chi connectivity index (χ3n) is 2.05. The Morgan fingerprint density at radius 2 is 1.86 bits per heavy atom. The van der Waals surface area contributed by atoms with Crippen molar-refractivity contribution in [1.29, 1.82) is 0 Å². The van der Waals surface area contributed by atoms with Gasteiger partial charge >= 0.3 is 0 Å². The van der Waals surface area contributed by atoms with Gasteiger partial charge in [0.05, 0.1) is 6.54 Å². The molecule has 14 heavy (non-hydrogen) atoms. The average Bonchev–Trinajstić information content (AvgIpc) is 1.99. The fourth-order valence-electron chi connectivity index (χ4n) is 1.16. The topological polar surface area (TPSA) is 29.1 Å². The maximum absolute atomic E-state index is 11.4. The van der Waals surface area contributed by atoms with Gasteiger partial charge in [-0.1, -0.05) is 20.3 Å². The number of Topliss-reactive ketones (excluding diaryl/α,β-unsaturated/α-hetero) is 1. The summed E-state index contributed by atoms with van der Waals surface area (Å²) in [6.07, 6.45) is 2.91. The van der Waals surface area contributed by atoms with E-state index >= 15 is 0 Å². The second-order valence-corrected chi connectivity index (χ2v) is 5.43. The molecule has 0 radical (unpaired) electrons. The molecule has 0 atom stereocenters. The third kappa shape index (κ3) is 9.72. The zero-order chi connectivity index (χ0) is 11.2. The van der Waals surface area contributed by atoms with E-state index in [1.54, 1.807) is 0 Å². The molecule has 0 fully saturated rings. The number of hydrogen-bond donors (Lipinski definition) is 1. The maximum Gasteiger partial charge on any atom is 0.146 e. The lowest BCUT2D eigenvalue weighted by Crippen LogP contribution is -2.39. The van der Waals surface area contributed by atoms with E-state index in [2.05, 4.69) is 39.9 Å². The number of carbonyl (C=O) groups excluding carboxylic acids is 1. The number of nitrogens with one attached hydrogen (secondary N) is 1. The van der Waals surface area contributed by atoms with E-state index < -0.39 is 0 Å². The smallest absolute Gasteiger partial charge is 0.146 e. The van der Waals surface area contributed by atoms with Crippen molar-refractivity contribution in [3.63, 3.8) is 0 Å². The Labute approximate surface area is 88.5 Å². The van der Waals surface area contributed by atoms with E-state index in [0.717, 1.165) is 19.3 Å². The van der Waals surface area contributed by atoms with Gasteiger partial charge in [-0.25, -0.2) is 0 Å². The van der Waals surface area contributed by atoms with E-state index in [1.807, 2.05) is 0 Å². The molecule has 0 aliphatic rings. The van der Waals surface area contributed by atoms with Crippen molar-refractivity contribution in [3.05, 3.63) is 0 Å². The summed E-state index contributed by atoms with van der Waals surface area (Å²) in [6.45, 7) is 11.1. The zero-order valence-corrected chi connectivity index (χ0v) is 10.3. The molecule has 0 rings (SSSR count). The number of rotatable bonds is 6. The summed E-state index contributed by atoms with van der Waals surface area (Å²) in [5.74, 6) is 1.04. The van der Waals surface area contributed by atoms with Crippen molar-refractivity contribution in [3.8, 4) is 0 Å². The molecule has 2 heteroatoms. The van der Waals surface area contributed by atoms with Gasteiger partial charge in [0.1, 0.15) is 5.78 Å². The van der Waals surface area contributed by atoms with Gasteiger partial charge < -0.3 is 5.32 Å². The molecule has 0 saturated carbocycles. The van der Waals surface area contributed by atoms with Crippen molar-refractivity contribution in [1.82, 2.24) is 5.32 Å². The molecule has 0 bridgehead atoms. The van der Waals surface area contributed by atoms with Gasteiger partial charge in [-0.15, -0.1) is 0 Å². The highest BCUT2D eigenvalue weighted by Crippen LogP contribution is 2.06. The molecule has 0 aromatic heterocycles. The van der Waals surface area contributed by atoms with Crippen molar-refractivity contribution in [2.45, 2.75) is 59.4 Å². The van der Waals surface area contributed by atoms with E-state index in [-0.39, 0.29) is 5.54 Å². The molecule has 0 saturated heterocycles. The van der Waals surface area contributed by atoms with Gasteiger partial charge in [0, 0.05) is 12.0 Å². The number of hydrogen-bond acceptors (Lipinski definition) is 2. The monoisotopic (exact) mass is 199 g/mol. The van der Waals surface area contributed by atoms with Gasteiger partial charge in [-0.3, -0.25) is 4.79 Å². The molecule has 0 heterocycles. The van der Waals surface area contributed by atoms with Crippen LogP contribution in [0, 0.1) is 5.92 Å². The lowest BCUT2D eigenvalue weighted by Gasteiger charge is -2.19. The number of ketones is 1. The first-order valence-electron chi connectivity index (χ1n) is 5.58. The van der Waals surface area contributed by atoms with E-state index in [0.29, 0.717) is 18.2 Å². The molecule has 0 amide bonds. The SMILES string of the molecule is CC(C)CCCC(=O)CNC(C)(C)C. The summed E-state index contributed by atoms with van der Waals surface area (Å²) in [6, 6.07) is 0. The van der Waals surface area contributed by atoms with Gasteiger partial charge in [-0.05, 0) is 33.1 Å². The van der Waals surface area contributed by atoms with Crippen LogP contribution >= 0.6 is 0 Å². The Morgan fingerprint density at radius 1 is 1.29 bits per heavy atom. The minimum atomic E-state index is 0.0493. The first kappa shape index (κ1) is 13.6. The van der Waals surface area contributed by atoms with Crippen LogP contribution < -0.4 is 5.32 Å². The molecular weight excluding hydrogens is 174 g/mol. The Kier molecular flexibility index (Phi) is 6.01. The van der Waals surface area contributed by atoms with Crippen LogP contribution in [-0.4, -0.2) is 17.9 Å². The number of carbonyl (C=O) groups is 1. The Hall–Kier alpha value is -0.370. The van der Waals surface area contributed by atoms with E-state index in [1.165, 1.54) is 0 Å². The van der Waals surface area contributed by atoms with Crippen molar-refractivity contribution >= 4 is 5.78 Å². The highest BCUT2D eigenvalue weighted by atomic mass is 16.1. The molecule has 0 aromatic rings. The highest BCUT2D eigenvalue weighted by Gasteiger charge is 2.10. The van der Waals surface area contributed by atoms with E-state index in [4.69, 9.17) is 0 Å². The molecule has 1 N–H and O–H groups in total. The molecule has 0 spiro atoms. The van der Waals surface area contributed by atoms with Crippen molar-refractivity contribution in [2.75, 3.05) is 6.54 Å². The maximum atomic E-state index is 11.4. The van der Waals surface area contributed by atoms with Crippen LogP contribution in [0.4, 0.5) is 0 Å². The molecular formula is C12H25NO. The Bertz CT molecular complexity index is 168. The van der Waals surface area contributed by atoms with E-state index in [9.17, 15) is 4.79 Å². The average molecular weight is 199 g/mol. The molecule has 0 unspecified atom stereocenters. The second kappa shape index (κ2) is 6.18. The standard InChI is InChI=1S/C12H25NO/c1-10(2)7-6-8-11(14)9-13-12(3,4)5/h10,13H,6-9H2,1-5H3. The zero-order valence-electron chi connectivity index (χ0n) is 10.3. The van der Waals surface area contributed by atoms with Gasteiger partial charge in [0.15, 0.2) is 0 Å². The fourth-order valence-corrected chi connectivity index (χ4v) is 1.16. The summed E-state index contributed by atoms with van der Waals surface area (Å²) in [4.78, 5) is 11.4. The van der Waals surface area contributed by atoms with Crippen LogP contribution in [0.2, 0.25) is 0 Å². The van der Waals surface area contributed by atoms with Crippen LogP contribution in [0.3, 0.4) is 0 Å². The first-order chi connectivity index (χ1) is 6.31. The Balaban J connectivity index is 3.47. The van der Waals surface area contributed by atoms with Crippen LogP contribution in [-0.2, 0) is 4.79 Å². The van der Waals surface area contributed by atoms with Crippen LogP contribution in [0.1, 0.15) is 53.9 Å². The summed E-state index contributed by atoms with van der Waals surface area (Å²) >= 11 is 0. The van der Waals surface area contributed by atoms with Crippen LogP contribution in [0.25, 0.3) is 0 Å². The van der Waals surface area contributed by atoms with Gasteiger partial charge in [0.25, 0.3) is 0 Å². The lowest BCUT2D eigenvalue weighted by molar-refractivity contribution is -0.118. The summed E-state index contributed by atoms with van der Waals surface area (Å²) < 4.78 is 0. The normalized spacial score (nSPS) is 12.1. The Morgan fingerprint density at radius 3 is 2.29 bits per heavy atom. The third-order valence-corrected chi connectivity index (χ3v) is 2.05. The fraction of sp³-hybridized carbons (Fsp3) is 0.917. The van der Waals surface area contributed by atoms with Crippen LogP contribution in [0.15, 0.2) is 0 Å². The minimum Gasteiger partial charge on any atom is -0.305 e. The molecule has 84 valence electrons. The quantitative estimate of drug-likeness (QED) is 0.712. The molecule has 0 aromatic carbocycles. The van der Waals surface area contributed by atoms with Crippen molar-refractivity contribution < 1.29 is 4.79 Å². The second-order valence-electron chi connectivity index (χ2n) is 5.43. The highest BCUT2D eigenvalue weighted by molar-refractivity contribution is 5.80. The summed E-state index contributed by atoms with van der Waals surface area (Å²) in [5, 5.41) is 3.21. The van der Waals surface area contributed by atoms with Gasteiger partial charge in [-0.2, -0.15) is 0 Å². The van der Waals surface area contributed by atoms with Crippen molar-refractivity contribution in [2.24, 2.45) is 5.92 Å². The van der Waals surface area contributed by atoms with Crippen LogP contribution in [0.5, 0.6) is 0 Å². The van der Waals surface area contributed by atoms with Gasteiger partial charge in [0.2, 0.25) is 0 Å². The summed E-state index contributed by atoms with van der Waals surface area (Å²) in [7, 11) is 0. The molecule has 0 aliphatic carbocycles.